The van der Waals surface area contributed by atoms with E-state index in [1.807, 2.05) is 0 Å². The van der Waals surface area contributed by atoms with Crippen molar-refractivity contribution >= 4 is 46.1 Å². The molecule has 2 aliphatic heterocycles. The van der Waals surface area contributed by atoms with Gasteiger partial charge in [0, 0.05) is 44.0 Å². The SMILES string of the molecule is CCCSc1nc(N2CCOCC2)c2cnn(CCNC(=O)C3CC(=O)N(c4ccc(F)cc4)C3)c2n1. The highest BCUT2D eigenvalue weighted by molar-refractivity contribution is 7.99. The normalized spacial score (nSPS) is 18.1. The summed E-state index contributed by atoms with van der Waals surface area (Å²) in [4.78, 5) is 38.6. The van der Waals surface area contributed by atoms with Crippen LogP contribution in [-0.2, 0) is 20.9 Å². The van der Waals surface area contributed by atoms with E-state index in [1.54, 1.807) is 34.8 Å². The van der Waals surface area contributed by atoms with E-state index in [4.69, 9.17) is 14.7 Å². The van der Waals surface area contributed by atoms with E-state index in [1.165, 1.54) is 17.0 Å². The number of rotatable bonds is 9. The molecule has 2 fully saturated rings. The maximum atomic E-state index is 13.2. The van der Waals surface area contributed by atoms with Crippen molar-refractivity contribution < 1.29 is 18.7 Å². The van der Waals surface area contributed by atoms with Crippen LogP contribution in [0.3, 0.4) is 0 Å². The number of hydrogen-bond acceptors (Lipinski definition) is 8. The smallest absolute Gasteiger partial charge is 0.227 e. The zero-order valence-electron chi connectivity index (χ0n) is 20.7. The molecule has 0 spiro atoms. The minimum atomic E-state index is -0.459. The molecule has 10 nitrogen and oxygen atoms in total. The highest BCUT2D eigenvalue weighted by Gasteiger charge is 2.35. The fraction of sp³-hybridized carbons (Fsp3) is 0.480. The minimum Gasteiger partial charge on any atom is -0.378 e. The molecule has 1 aromatic carbocycles. The number of nitrogens with zero attached hydrogens (tertiary/aromatic N) is 6. The van der Waals surface area contributed by atoms with Gasteiger partial charge in [0.2, 0.25) is 11.8 Å². The van der Waals surface area contributed by atoms with Crippen LogP contribution in [0.5, 0.6) is 0 Å². The summed E-state index contributed by atoms with van der Waals surface area (Å²) in [5.74, 6) is 0.639. The number of morpholine rings is 1. The van der Waals surface area contributed by atoms with Crippen LogP contribution in [-0.4, -0.2) is 76.7 Å². The minimum absolute atomic E-state index is 0.127. The highest BCUT2D eigenvalue weighted by Crippen LogP contribution is 2.28. The zero-order valence-corrected chi connectivity index (χ0v) is 21.5. The van der Waals surface area contributed by atoms with Gasteiger partial charge in [0.05, 0.1) is 37.3 Å². The Labute approximate surface area is 218 Å². The Bertz CT molecular complexity index is 1260. The first kappa shape index (κ1) is 25.4. The average Bonchev–Trinajstić information content (AvgIpc) is 3.51. The monoisotopic (exact) mass is 527 g/mol. The van der Waals surface area contributed by atoms with E-state index in [0.29, 0.717) is 37.1 Å². The summed E-state index contributed by atoms with van der Waals surface area (Å²) in [5, 5.41) is 9.08. The summed E-state index contributed by atoms with van der Waals surface area (Å²) >= 11 is 1.62. The van der Waals surface area contributed by atoms with Crippen molar-refractivity contribution in [2.24, 2.45) is 5.92 Å². The number of ether oxygens (including phenoxy) is 1. The number of amides is 2. The molecule has 0 saturated carbocycles. The van der Waals surface area contributed by atoms with Gasteiger partial charge >= 0.3 is 0 Å². The number of anilines is 2. The summed E-state index contributed by atoms with van der Waals surface area (Å²) in [5.41, 5.74) is 1.33. The van der Waals surface area contributed by atoms with Crippen LogP contribution in [0.1, 0.15) is 19.8 Å². The number of aromatic nitrogens is 4. The maximum Gasteiger partial charge on any atom is 0.227 e. The molecule has 4 heterocycles. The molecular formula is C25H30FN7O3S. The van der Waals surface area contributed by atoms with Crippen molar-refractivity contribution in [2.75, 3.05) is 54.9 Å². The second-order valence-electron chi connectivity index (χ2n) is 9.06. The van der Waals surface area contributed by atoms with E-state index in [9.17, 15) is 14.0 Å². The molecule has 37 heavy (non-hydrogen) atoms. The lowest BCUT2D eigenvalue weighted by Crippen LogP contribution is -2.37. The first-order valence-electron chi connectivity index (χ1n) is 12.6. The lowest BCUT2D eigenvalue weighted by molar-refractivity contribution is -0.126. The third kappa shape index (κ3) is 5.69. The summed E-state index contributed by atoms with van der Waals surface area (Å²) < 4.78 is 20.5. The van der Waals surface area contributed by atoms with E-state index in [0.717, 1.165) is 42.1 Å². The van der Waals surface area contributed by atoms with E-state index < -0.39 is 5.92 Å². The van der Waals surface area contributed by atoms with Gasteiger partial charge in [-0.2, -0.15) is 5.10 Å². The van der Waals surface area contributed by atoms with Crippen molar-refractivity contribution in [3.05, 3.63) is 36.3 Å². The first-order valence-corrected chi connectivity index (χ1v) is 13.5. The van der Waals surface area contributed by atoms with Crippen LogP contribution in [0.2, 0.25) is 0 Å². The van der Waals surface area contributed by atoms with Crippen LogP contribution in [0, 0.1) is 11.7 Å². The van der Waals surface area contributed by atoms with Gasteiger partial charge in [0.1, 0.15) is 11.6 Å². The number of fused-ring (bicyclic) bond motifs is 1. The lowest BCUT2D eigenvalue weighted by atomic mass is 10.1. The number of hydrogen-bond donors (Lipinski definition) is 1. The van der Waals surface area contributed by atoms with Crippen LogP contribution < -0.4 is 15.1 Å². The van der Waals surface area contributed by atoms with Gasteiger partial charge in [-0.15, -0.1) is 0 Å². The Hall–Kier alpha value is -3.25. The van der Waals surface area contributed by atoms with Gasteiger partial charge in [-0.1, -0.05) is 18.7 Å². The van der Waals surface area contributed by atoms with Crippen LogP contribution in [0.15, 0.2) is 35.6 Å². The van der Waals surface area contributed by atoms with Gasteiger partial charge < -0.3 is 19.9 Å². The van der Waals surface area contributed by atoms with E-state index in [-0.39, 0.29) is 30.6 Å². The van der Waals surface area contributed by atoms with Gasteiger partial charge in [-0.25, -0.2) is 19.0 Å². The molecule has 5 rings (SSSR count). The molecule has 0 aliphatic carbocycles. The first-order chi connectivity index (χ1) is 18.0. The number of carbonyl (C=O) groups is 2. The predicted molar refractivity (Wildman–Crippen MR) is 139 cm³/mol. The molecular weight excluding hydrogens is 497 g/mol. The molecule has 196 valence electrons. The average molecular weight is 528 g/mol. The van der Waals surface area contributed by atoms with Gasteiger partial charge in [-0.05, 0) is 30.7 Å². The molecule has 0 radical (unpaired) electrons. The predicted octanol–water partition coefficient (Wildman–Crippen LogP) is 2.47. The topological polar surface area (TPSA) is 105 Å². The molecule has 2 aromatic heterocycles. The Morgan fingerprint density at radius 1 is 1.22 bits per heavy atom. The molecule has 0 bridgehead atoms. The Morgan fingerprint density at radius 3 is 2.76 bits per heavy atom. The van der Waals surface area contributed by atoms with E-state index >= 15 is 0 Å². The van der Waals surface area contributed by atoms with Crippen molar-refractivity contribution in [1.82, 2.24) is 25.1 Å². The summed E-state index contributed by atoms with van der Waals surface area (Å²) in [6.45, 7) is 6.03. The van der Waals surface area contributed by atoms with Gasteiger partial charge in [0.15, 0.2) is 10.8 Å². The molecule has 3 aromatic rings. The lowest BCUT2D eigenvalue weighted by Gasteiger charge is -2.28. The summed E-state index contributed by atoms with van der Waals surface area (Å²) in [7, 11) is 0. The second kappa shape index (κ2) is 11.4. The van der Waals surface area contributed by atoms with Crippen molar-refractivity contribution in [3.63, 3.8) is 0 Å². The molecule has 2 aliphatic rings. The van der Waals surface area contributed by atoms with E-state index in [2.05, 4.69) is 22.2 Å². The molecule has 2 saturated heterocycles. The number of halogens is 1. The summed E-state index contributed by atoms with van der Waals surface area (Å²) in [6, 6.07) is 5.72. The number of thioether (sulfide) groups is 1. The van der Waals surface area contributed by atoms with Crippen molar-refractivity contribution in [1.29, 1.82) is 0 Å². The van der Waals surface area contributed by atoms with Gasteiger partial charge in [-0.3, -0.25) is 9.59 Å². The molecule has 1 N–H and O–H groups in total. The largest absolute Gasteiger partial charge is 0.378 e. The Morgan fingerprint density at radius 2 is 2.00 bits per heavy atom. The number of benzene rings is 1. The number of carbonyl (C=O) groups excluding carboxylic acids is 2. The van der Waals surface area contributed by atoms with Crippen LogP contribution in [0.4, 0.5) is 15.9 Å². The third-order valence-corrected chi connectivity index (χ3v) is 7.51. The Balaban J connectivity index is 1.25. The molecule has 2 amide bonds. The van der Waals surface area contributed by atoms with Crippen molar-refractivity contribution in [2.45, 2.75) is 31.5 Å². The fourth-order valence-corrected chi connectivity index (χ4v) is 5.23. The maximum absolute atomic E-state index is 13.2. The fourth-order valence-electron chi connectivity index (χ4n) is 4.54. The zero-order chi connectivity index (χ0) is 25.8. The number of nitrogens with one attached hydrogen (secondary N) is 1. The quantitative estimate of drug-likeness (QED) is 0.334. The van der Waals surface area contributed by atoms with Gasteiger partial charge in [0.25, 0.3) is 0 Å². The highest BCUT2D eigenvalue weighted by atomic mass is 32.2. The van der Waals surface area contributed by atoms with Crippen LogP contribution in [0.25, 0.3) is 11.0 Å². The Kier molecular flexibility index (Phi) is 7.85. The van der Waals surface area contributed by atoms with Crippen LogP contribution >= 0.6 is 11.8 Å². The molecule has 1 atom stereocenters. The molecule has 12 heteroatoms. The second-order valence-corrected chi connectivity index (χ2v) is 10.1. The molecule has 1 unspecified atom stereocenters. The third-order valence-electron chi connectivity index (χ3n) is 6.46. The standard InChI is InChI=1S/C25H30FN7O3S/c1-2-13-37-25-29-22(31-9-11-36-12-10-31)20-15-28-33(23(20)30-25)8-7-27-24(35)17-14-21(34)32(16-17)19-5-3-18(26)4-6-19/h3-6,15,17H,2,7-14,16H2,1H3,(H,27,35). The summed E-state index contributed by atoms with van der Waals surface area (Å²) in [6.07, 6.45) is 2.93. The van der Waals surface area contributed by atoms with Crippen molar-refractivity contribution in [3.8, 4) is 0 Å².